The summed E-state index contributed by atoms with van der Waals surface area (Å²) in [6.45, 7) is 2.00. The highest BCUT2D eigenvalue weighted by atomic mass is 32.2. The zero-order valence-electron chi connectivity index (χ0n) is 12.3. The van der Waals surface area contributed by atoms with E-state index in [1.54, 1.807) is 6.07 Å². The molecule has 0 saturated heterocycles. The largest absolute Gasteiger partial charge is 0.333 e. The first-order valence-corrected chi connectivity index (χ1v) is 7.88. The van der Waals surface area contributed by atoms with Gasteiger partial charge in [-0.1, -0.05) is 30.0 Å². The molecule has 3 rings (SSSR count). The van der Waals surface area contributed by atoms with Crippen molar-refractivity contribution in [3.63, 3.8) is 0 Å². The van der Waals surface area contributed by atoms with Gasteiger partial charge in [-0.25, -0.2) is 4.98 Å². The normalized spacial score (nSPS) is 10.8. The monoisotopic (exact) mass is 327 g/mol. The third kappa shape index (κ3) is 3.40. The molecule has 0 aliphatic heterocycles. The smallest absolute Gasteiger partial charge is 0.270 e. The number of H-pyrrole nitrogens is 1. The summed E-state index contributed by atoms with van der Waals surface area (Å²) in [5, 5.41) is 11.4. The van der Waals surface area contributed by atoms with Crippen LogP contribution in [-0.2, 0) is 0 Å². The van der Waals surface area contributed by atoms with E-state index in [0.717, 1.165) is 16.6 Å². The number of hydrogen-bond donors (Lipinski definition) is 1. The fraction of sp³-hybridized carbons (Fsp3) is 0.125. The predicted molar refractivity (Wildman–Crippen MR) is 89.0 cm³/mol. The summed E-state index contributed by atoms with van der Waals surface area (Å²) in [6.07, 6.45) is 0. The van der Waals surface area contributed by atoms with Gasteiger partial charge in [0.05, 0.1) is 21.7 Å². The number of nitrogens with zero attached hydrogens (tertiary/aromatic N) is 2. The van der Waals surface area contributed by atoms with Crippen LogP contribution in [0.15, 0.2) is 47.6 Å². The molecule has 116 valence electrons. The number of rotatable bonds is 5. The van der Waals surface area contributed by atoms with Crippen molar-refractivity contribution >= 4 is 34.3 Å². The lowest BCUT2D eigenvalue weighted by Crippen LogP contribution is -2.03. The average molecular weight is 327 g/mol. The van der Waals surface area contributed by atoms with Crippen LogP contribution in [0.3, 0.4) is 0 Å². The average Bonchev–Trinajstić information content (AvgIpc) is 2.94. The molecule has 0 spiro atoms. The van der Waals surface area contributed by atoms with Crippen LogP contribution in [-0.4, -0.2) is 26.4 Å². The minimum atomic E-state index is -0.508. The molecule has 23 heavy (non-hydrogen) atoms. The van der Waals surface area contributed by atoms with Crippen molar-refractivity contribution in [2.75, 3.05) is 5.75 Å². The number of nitro benzene ring substituents is 1. The Labute approximate surface area is 136 Å². The third-order valence-electron chi connectivity index (χ3n) is 3.33. The van der Waals surface area contributed by atoms with Gasteiger partial charge in [0.1, 0.15) is 0 Å². The second-order valence-electron chi connectivity index (χ2n) is 5.08. The summed E-state index contributed by atoms with van der Waals surface area (Å²) in [5.41, 5.74) is 3.15. The van der Waals surface area contributed by atoms with Crippen molar-refractivity contribution in [1.82, 2.24) is 9.97 Å². The van der Waals surface area contributed by atoms with E-state index in [-0.39, 0.29) is 17.2 Å². The van der Waals surface area contributed by atoms with E-state index < -0.39 is 4.92 Å². The number of aryl methyl sites for hydroxylation is 1. The maximum atomic E-state index is 12.2. The van der Waals surface area contributed by atoms with Crippen molar-refractivity contribution in [2.24, 2.45) is 0 Å². The van der Waals surface area contributed by atoms with E-state index in [9.17, 15) is 14.9 Å². The SMILES string of the molecule is Cc1ccc2nc(SCC(=O)c3cccc([N+](=O)[O-])c3)[nH]c2c1. The summed E-state index contributed by atoms with van der Waals surface area (Å²) >= 11 is 1.28. The molecule has 0 aliphatic carbocycles. The summed E-state index contributed by atoms with van der Waals surface area (Å²) in [7, 11) is 0. The Morgan fingerprint density at radius 2 is 2.13 bits per heavy atom. The zero-order valence-corrected chi connectivity index (χ0v) is 13.1. The van der Waals surface area contributed by atoms with Crippen molar-refractivity contribution in [3.05, 3.63) is 63.7 Å². The number of nitro groups is 1. The quantitative estimate of drug-likeness (QED) is 0.333. The van der Waals surface area contributed by atoms with Crippen LogP contribution in [0.2, 0.25) is 0 Å². The first kappa shape index (κ1) is 15.2. The van der Waals surface area contributed by atoms with Gasteiger partial charge in [0.15, 0.2) is 10.9 Å². The Morgan fingerprint density at radius 3 is 2.91 bits per heavy atom. The van der Waals surface area contributed by atoms with Crippen molar-refractivity contribution in [1.29, 1.82) is 0 Å². The molecule has 0 saturated carbocycles. The second kappa shape index (κ2) is 6.21. The predicted octanol–water partition coefficient (Wildman–Crippen LogP) is 3.75. The topological polar surface area (TPSA) is 88.9 Å². The van der Waals surface area contributed by atoms with Gasteiger partial charge in [0, 0.05) is 17.7 Å². The minimum absolute atomic E-state index is 0.0833. The summed E-state index contributed by atoms with van der Waals surface area (Å²) in [4.78, 5) is 30.0. The van der Waals surface area contributed by atoms with Crippen LogP contribution in [0.5, 0.6) is 0 Å². The first-order chi connectivity index (χ1) is 11.0. The second-order valence-corrected chi connectivity index (χ2v) is 6.05. The van der Waals surface area contributed by atoms with E-state index in [1.165, 1.54) is 30.0 Å². The molecule has 2 aromatic carbocycles. The number of aromatic amines is 1. The summed E-state index contributed by atoms with van der Waals surface area (Å²) < 4.78 is 0. The van der Waals surface area contributed by atoms with Gasteiger partial charge in [0.2, 0.25) is 0 Å². The molecule has 0 radical (unpaired) electrons. The highest BCUT2D eigenvalue weighted by Crippen LogP contribution is 2.22. The maximum absolute atomic E-state index is 12.2. The van der Waals surface area contributed by atoms with Crippen molar-refractivity contribution in [2.45, 2.75) is 12.1 Å². The molecule has 0 unspecified atom stereocenters. The van der Waals surface area contributed by atoms with Gasteiger partial charge in [-0.05, 0) is 24.6 Å². The standard InChI is InChI=1S/C16H13N3O3S/c1-10-5-6-13-14(7-10)18-16(17-13)23-9-15(20)11-3-2-4-12(8-11)19(21)22/h2-8H,9H2,1H3,(H,17,18). The molecule has 1 heterocycles. The molecule has 7 heteroatoms. The molecular weight excluding hydrogens is 314 g/mol. The van der Waals surface area contributed by atoms with E-state index in [1.807, 2.05) is 25.1 Å². The number of hydrogen-bond acceptors (Lipinski definition) is 5. The number of aromatic nitrogens is 2. The molecule has 3 aromatic rings. The fourth-order valence-electron chi connectivity index (χ4n) is 2.18. The molecule has 0 fully saturated rings. The number of thioether (sulfide) groups is 1. The molecule has 1 aromatic heterocycles. The van der Waals surface area contributed by atoms with Crippen LogP contribution < -0.4 is 0 Å². The summed E-state index contributed by atoms with van der Waals surface area (Å²) in [6, 6.07) is 11.7. The van der Waals surface area contributed by atoms with Gasteiger partial charge in [0.25, 0.3) is 5.69 Å². The molecular formula is C16H13N3O3S. The van der Waals surface area contributed by atoms with Crippen molar-refractivity contribution in [3.8, 4) is 0 Å². The van der Waals surface area contributed by atoms with Crippen LogP contribution in [0.4, 0.5) is 5.69 Å². The number of carbonyl (C=O) groups is 1. The number of ketones is 1. The third-order valence-corrected chi connectivity index (χ3v) is 4.21. The van der Waals surface area contributed by atoms with Gasteiger partial charge < -0.3 is 4.98 Å². The number of non-ortho nitro benzene ring substituents is 1. The number of nitrogens with one attached hydrogen (secondary N) is 1. The lowest BCUT2D eigenvalue weighted by Gasteiger charge is -1.99. The van der Waals surface area contributed by atoms with Crippen LogP contribution in [0.1, 0.15) is 15.9 Å². The first-order valence-electron chi connectivity index (χ1n) is 6.90. The minimum Gasteiger partial charge on any atom is -0.333 e. The highest BCUT2D eigenvalue weighted by Gasteiger charge is 2.13. The lowest BCUT2D eigenvalue weighted by atomic mass is 10.1. The summed E-state index contributed by atoms with van der Waals surface area (Å²) in [5.74, 6) is -0.00435. The number of benzene rings is 2. The molecule has 0 bridgehead atoms. The molecule has 6 nitrogen and oxygen atoms in total. The Balaban J connectivity index is 1.72. The zero-order chi connectivity index (χ0) is 16.4. The van der Waals surface area contributed by atoms with Gasteiger partial charge in [-0.2, -0.15) is 0 Å². The molecule has 0 aliphatic rings. The van der Waals surface area contributed by atoms with E-state index in [2.05, 4.69) is 9.97 Å². The fourth-order valence-corrected chi connectivity index (χ4v) is 2.96. The van der Waals surface area contributed by atoms with E-state index >= 15 is 0 Å². The van der Waals surface area contributed by atoms with E-state index in [4.69, 9.17) is 0 Å². The van der Waals surface area contributed by atoms with Crippen LogP contribution >= 0.6 is 11.8 Å². The highest BCUT2D eigenvalue weighted by molar-refractivity contribution is 7.99. The molecule has 1 N–H and O–H groups in total. The van der Waals surface area contributed by atoms with Gasteiger partial charge in [-0.15, -0.1) is 0 Å². The number of carbonyl (C=O) groups excluding carboxylic acids is 1. The van der Waals surface area contributed by atoms with Gasteiger partial charge >= 0.3 is 0 Å². The lowest BCUT2D eigenvalue weighted by molar-refractivity contribution is -0.384. The maximum Gasteiger partial charge on any atom is 0.270 e. The van der Waals surface area contributed by atoms with Crippen LogP contribution in [0, 0.1) is 17.0 Å². The number of Topliss-reactive ketones (excluding diaryl/α,β-unsaturated/α-hetero) is 1. The molecule has 0 amide bonds. The Hall–Kier alpha value is -2.67. The molecule has 0 atom stereocenters. The van der Waals surface area contributed by atoms with Crippen LogP contribution in [0.25, 0.3) is 11.0 Å². The Morgan fingerprint density at radius 1 is 1.30 bits per heavy atom. The number of fused-ring (bicyclic) bond motifs is 1. The van der Waals surface area contributed by atoms with Gasteiger partial charge in [-0.3, -0.25) is 14.9 Å². The number of imidazole rings is 1. The Kier molecular flexibility index (Phi) is 4.12. The van der Waals surface area contributed by atoms with Crippen molar-refractivity contribution < 1.29 is 9.72 Å². The van der Waals surface area contributed by atoms with E-state index in [0.29, 0.717) is 10.7 Å². The Bertz CT molecular complexity index is 904.